The number of benzene rings is 1. The number of carboxylic acid groups (broad SMARTS) is 2. The molecule has 0 unspecified atom stereocenters. The highest BCUT2D eigenvalue weighted by Gasteiger charge is 2.27. The summed E-state index contributed by atoms with van der Waals surface area (Å²) < 4.78 is 17.0. The fourth-order valence-electron chi connectivity index (χ4n) is 4.39. The molecule has 42 heavy (non-hydrogen) atoms. The van der Waals surface area contributed by atoms with E-state index in [9.17, 15) is 24.3 Å². The van der Waals surface area contributed by atoms with E-state index in [0.717, 1.165) is 22.5 Å². The first-order valence-electron chi connectivity index (χ1n) is 13.3. The van der Waals surface area contributed by atoms with E-state index in [4.69, 9.17) is 24.4 Å². The Morgan fingerprint density at radius 1 is 0.929 bits per heavy atom. The number of aromatic nitrogens is 1. The quantitative estimate of drug-likeness (QED) is 0.180. The number of phenols is 1. The summed E-state index contributed by atoms with van der Waals surface area (Å²) in [6.07, 6.45) is 0.242. The van der Waals surface area contributed by atoms with Crippen molar-refractivity contribution in [2.75, 3.05) is 20.3 Å². The predicted molar refractivity (Wildman–Crippen MR) is 151 cm³/mol. The molecule has 224 valence electrons. The lowest BCUT2D eigenvalue weighted by atomic mass is 10.0. The number of nitrogens with zero attached hydrogens (tertiary/aromatic N) is 2. The first-order chi connectivity index (χ1) is 20.0. The summed E-state index contributed by atoms with van der Waals surface area (Å²) in [4.78, 5) is 54.2. The number of fused-ring (bicyclic) bond motifs is 2. The van der Waals surface area contributed by atoms with Crippen LogP contribution in [-0.2, 0) is 27.5 Å². The van der Waals surface area contributed by atoms with Gasteiger partial charge in [0.25, 0.3) is 5.88 Å². The van der Waals surface area contributed by atoms with Gasteiger partial charge in [-0.25, -0.2) is 0 Å². The number of Topliss-reactive ketones (excluding diaryl/α,β-unsaturated/α-hetero) is 1. The minimum absolute atomic E-state index is 0.0579. The van der Waals surface area contributed by atoms with E-state index in [1.165, 1.54) is 21.0 Å². The number of ketones is 1. The Morgan fingerprint density at radius 2 is 1.57 bits per heavy atom. The van der Waals surface area contributed by atoms with Gasteiger partial charge in [-0.2, -0.15) is 4.98 Å². The van der Waals surface area contributed by atoms with Crippen LogP contribution in [0, 0.1) is 11.8 Å². The van der Waals surface area contributed by atoms with Crippen molar-refractivity contribution in [2.45, 2.75) is 46.2 Å². The molecule has 0 radical (unpaired) electrons. The number of carbonyl (C=O) groups is 4. The molecular formula is C29H32N2O10S. The molecule has 0 saturated carbocycles. The molecule has 1 aliphatic rings. The number of aliphatic carboxylic acids is 2. The summed E-state index contributed by atoms with van der Waals surface area (Å²) in [5.41, 5.74) is 1.60. The molecule has 3 N–H and O–H groups in total. The summed E-state index contributed by atoms with van der Waals surface area (Å²) in [6.45, 7) is 4.02. The van der Waals surface area contributed by atoms with Gasteiger partial charge in [0.05, 0.1) is 37.0 Å². The average Bonchev–Trinajstić information content (AvgIpc) is 3.55. The second-order valence-electron chi connectivity index (χ2n) is 10.2. The van der Waals surface area contributed by atoms with Crippen LogP contribution >= 0.6 is 11.3 Å². The van der Waals surface area contributed by atoms with Crippen molar-refractivity contribution in [3.63, 3.8) is 0 Å². The van der Waals surface area contributed by atoms with Gasteiger partial charge in [-0.05, 0) is 35.4 Å². The fraction of sp³-hybridized carbons (Fsp3) is 0.414. The average molecular weight is 601 g/mol. The van der Waals surface area contributed by atoms with Crippen molar-refractivity contribution in [3.05, 3.63) is 40.3 Å². The number of ether oxygens (including phenoxy) is 3. The third-order valence-corrected chi connectivity index (χ3v) is 7.98. The molecule has 1 amide bonds. The van der Waals surface area contributed by atoms with Crippen molar-refractivity contribution in [3.8, 4) is 23.1 Å². The number of thiophene rings is 1. The van der Waals surface area contributed by atoms with Crippen LogP contribution in [0.1, 0.15) is 53.9 Å². The zero-order valence-corrected chi connectivity index (χ0v) is 24.2. The Balaban J connectivity index is 1.31. The summed E-state index contributed by atoms with van der Waals surface area (Å²) in [5.74, 6) is -3.32. The van der Waals surface area contributed by atoms with Crippen molar-refractivity contribution in [2.24, 2.45) is 11.8 Å². The summed E-state index contributed by atoms with van der Waals surface area (Å²) in [6, 6.07) is 6.62. The maximum Gasteiger partial charge on any atom is 0.306 e. The van der Waals surface area contributed by atoms with Crippen LogP contribution in [0.25, 0.3) is 10.2 Å². The fourth-order valence-corrected chi connectivity index (χ4v) is 5.34. The number of phenolic OH excluding ortho intramolecular Hbond substituents is 1. The molecule has 2 aromatic heterocycles. The monoisotopic (exact) mass is 600 g/mol. The lowest BCUT2D eigenvalue weighted by Crippen LogP contribution is -2.28. The molecule has 3 heterocycles. The highest BCUT2D eigenvalue weighted by Crippen LogP contribution is 2.36. The topological polar surface area (TPSA) is 173 Å². The molecule has 1 aromatic carbocycles. The minimum Gasteiger partial charge on any atom is -0.504 e. The number of methoxy groups -OCH3 is 1. The van der Waals surface area contributed by atoms with Gasteiger partial charge >= 0.3 is 11.9 Å². The third-order valence-electron chi connectivity index (χ3n) is 6.89. The Morgan fingerprint density at radius 3 is 2.24 bits per heavy atom. The molecule has 4 rings (SSSR count). The van der Waals surface area contributed by atoms with E-state index in [2.05, 4.69) is 4.98 Å². The molecule has 0 bridgehead atoms. The van der Waals surface area contributed by atoms with Crippen LogP contribution in [0.5, 0.6) is 23.1 Å². The Labute approximate surface area is 245 Å². The van der Waals surface area contributed by atoms with Gasteiger partial charge in [0, 0.05) is 37.7 Å². The number of rotatable bonds is 14. The second kappa shape index (κ2) is 13.1. The molecule has 12 nitrogen and oxygen atoms in total. The molecular weight excluding hydrogens is 568 g/mol. The first-order valence-corrected chi connectivity index (χ1v) is 14.1. The Hall–Kier alpha value is -4.39. The number of pyridine rings is 1. The Kier molecular flexibility index (Phi) is 9.51. The standard InChI is InChI=1S/C29H32N2O10S/c1-15(28(35)36)7-21(33)24-12-17-10-23(39-3)26(30-27(17)42-24)41-6-4-5-40-22-11-19-14-31(13-18(19)9-20(22)32)25(34)8-16(2)29(37)38/h9-12,15-16,32H,4-8,13-14H2,1-3H3,(H,35,36)(H,37,38)/t15-,16-/m0/s1. The van der Waals surface area contributed by atoms with E-state index in [-0.39, 0.29) is 55.1 Å². The summed E-state index contributed by atoms with van der Waals surface area (Å²) in [5, 5.41) is 29.3. The molecule has 1 aliphatic heterocycles. The van der Waals surface area contributed by atoms with Crippen LogP contribution in [0.15, 0.2) is 24.3 Å². The third kappa shape index (κ3) is 7.08. The maximum absolute atomic E-state index is 12.5. The van der Waals surface area contributed by atoms with Gasteiger partial charge in [-0.3, -0.25) is 19.2 Å². The lowest BCUT2D eigenvalue weighted by molar-refractivity contribution is -0.145. The van der Waals surface area contributed by atoms with Crippen molar-refractivity contribution >= 4 is 45.2 Å². The van der Waals surface area contributed by atoms with Crippen LogP contribution in [-0.4, -0.2) is 69.2 Å². The van der Waals surface area contributed by atoms with Crippen LogP contribution in [0.2, 0.25) is 0 Å². The maximum atomic E-state index is 12.5. The van der Waals surface area contributed by atoms with Gasteiger partial charge in [0.1, 0.15) is 4.83 Å². The van der Waals surface area contributed by atoms with E-state index in [1.807, 2.05) is 0 Å². The van der Waals surface area contributed by atoms with E-state index in [0.29, 0.717) is 40.4 Å². The van der Waals surface area contributed by atoms with E-state index >= 15 is 0 Å². The minimum atomic E-state index is -1.03. The number of hydrogen-bond acceptors (Lipinski definition) is 10. The molecule has 2 atom stereocenters. The van der Waals surface area contributed by atoms with Crippen molar-refractivity contribution in [1.29, 1.82) is 0 Å². The Bertz CT molecular complexity index is 1520. The number of amides is 1. The first kappa shape index (κ1) is 30.6. The molecule has 0 aliphatic carbocycles. The van der Waals surface area contributed by atoms with Crippen LogP contribution in [0.3, 0.4) is 0 Å². The normalized spacial score (nSPS) is 13.8. The van der Waals surface area contributed by atoms with Crippen LogP contribution in [0.4, 0.5) is 0 Å². The van der Waals surface area contributed by atoms with Gasteiger partial charge < -0.3 is 34.4 Å². The number of aromatic hydroxyl groups is 1. The van der Waals surface area contributed by atoms with Gasteiger partial charge in [0.15, 0.2) is 23.0 Å². The molecule has 13 heteroatoms. The van der Waals surface area contributed by atoms with Crippen LogP contribution < -0.4 is 14.2 Å². The van der Waals surface area contributed by atoms with E-state index < -0.39 is 23.8 Å². The SMILES string of the molecule is COc1cc2cc(C(=O)C[C@H](C)C(=O)O)sc2nc1OCCCOc1cc2c(cc1O)CN(C(=O)C[C@H](C)C(=O)O)C2. The highest BCUT2D eigenvalue weighted by molar-refractivity contribution is 7.20. The number of carbonyl (C=O) groups excluding carboxylic acids is 2. The molecule has 0 fully saturated rings. The second-order valence-corrected chi connectivity index (χ2v) is 11.2. The highest BCUT2D eigenvalue weighted by atomic mass is 32.1. The number of hydrogen-bond donors (Lipinski definition) is 3. The van der Waals surface area contributed by atoms with Gasteiger partial charge in [-0.15, -0.1) is 11.3 Å². The molecule has 0 saturated heterocycles. The smallest absolute Gasteiger partial charge is 0.306 e. The van der Waals surface area contributed by atoms with Crippen molar-refractivity contribution in [1.82, 2.24) is 9.88 Å². The predicted octanol–water partition coefficient (Wildman–Crippen LogP) is 4.10. The van der Waals surface area contributed by atoms with E-state index in [1.54, 1.807) is 29.2 Å². The van der Waals surface area contributed by atoms with Crippen molar-refractivity contribution < 1.29 is 48.7 Å². The van der Waals surface area contributed by atoms with Gasteiger partial charge in [0.2, 0.25) is 5.91 Å². The zero-order chi connectivity index (χ0) is 30.6. The number of carboxylic acids is 2. The summed E-state index contributed by atoms with van der Waals surface area (Å²) >= 11 is 1.16. The summed E-state index contributed by atoms with van der Waals surface area (Å²) in [7, 11) is 1.48. The van der Waals surface area contributed by atoms with Gasteiger partial charge in [-0.1, -0.05) is 13.8 Å². The molecule has 3 aromatic rings. The lowest BCUT2D eigenvalue weighted by Gasteiger charge is -2.16. The largest absolute Gasteiger partial charge is 0.504 e. The molecule has 0 spiro atoms. The zero-order valence-electron chi connectivity index (χ0n) is 23.4.